The predicted octanol–water partition coefficient (Wildman–Crippen LogP) is 3.86. The first kappa shape index (κ1) is 14.9. The zero-order valence-electron chi connectivity index (χ0n) is 11.4. The van der Waals surface area contributed by atoms with Gasteiger partial charge in [0.15, 0.2) is 0 Å². The topological polar surface area (TPSA) is 29.5 Å². The van der Waals surface area contributed by atoms with Crippen LogP contribution in [0.2, 0.25) is 4.34 Å². The minimum atomic E-state index is -0.0326. The number of halogens is 1. The number of benzene rings is 1. The Morgan fingerprint density at radius 3 is 2.80 bits per heavy atom. The third-order valence-corrected chi connectivity index (χ3v) is 4.03. The number of nitrogens with zero attached hydrogens (tertiary/aromatic N) is 1. The molecular formula is C15H16ClNO2S. The average molecular weight is 310 g/mol. The number of aryl methyl sites for hydroxylation is 1. The molecule has 0 aliphatic carbocycles. The number of likely N-dealkylation sites (N-methyl/N-ethyl adjacent to an activating group) is 1. The van der Waals surface area contributed by atoms with Gasteiger partial charge in [0.25, 0.3) is 5.91 Å². The second kappa shape index (κ2) is 6.77. The quantitative estimate of drug-likeness (QED) is 0.839. The fourth-order valence-corrected chi connectivity index (χ4v) is 2.76. The highest BCUT2D eigenvalue weighted by Crippen LogP contribution is 2.22. The van der Waals surface area contributed by atoms with Crippen molar-refractivity contribution in [1.82, 2.24) is 4.90 Å². The highest BCUT2D eigenvalue weighted by atomic mass is 35.5. The van der Waals surface area contributed by atoms with Gasteiger partial charge >= 0.3 is 0 Å². The van der Waals surface area contributed by atoms with Gasteiger partial charge in [-0.05, 0) is 36.8 Å². The van der Waals surface area contributed by atoms with Crippen molar-refractivity contribution in [2.75, 3.05) is 20.2 Å². The first-order valence-electron chi connectivity index (χ1n) is 6.26. The summed E-state index contributed by atoms with van der Waals surface area (Å²) in [5, 5.41) is 0. The Morgan fingerprint density at radius 1 is 1.35 bits per heavy atom. The molecule has 1 aromatic heterocycles. The number of hydrogen-bond acceptors (Lipinski definition) is 3. The highest BCUT2D eigenvalue weighted by Gasteiger charge is 2.13. The number of ether oxygens (including phenoxy) is 1. The van der Waals surface area contributed by atoms with Crippen LogP contribution in [0.1, 0.15) is 15.2 Å². The van der Waals surface area contributed by atoms with Gasteiger partial charge in [0.1, 0.15) is 12.4 Å². The van der Waals surface area contributed by atoms with Crippen LogP contribution >= 0.6 is 22.9 Å². The minimum Gasteiger partial charge on any atom is -0.492 e. The lowest BCUT2D eigenvalue weighted by atomic mass is 10.2. The molecular weight excluding hydrogens is 294 g/mol. The summed E-state index contributed by atoms with van der Waals surface area (Å²) in [6.45, 7) is 3.01. The van der Waals surface area contributed by atoms with Crippen LogP contribution in [0.4, 0.5) is 0 Å². The van der Waals surface area contributed by atoms with Crippen molar-refractivity contribution < 1.29 is 9.53 Å². The van der Waals surface area contributed by atoms with Crippen molar-refractivity contribution >= 4 is 28.8 Å². The first-order valence-corrected chi connectivity index (χ1v) is 7.46. The van der Waals surface area contributed by atoms with Gasteiger partial charge in [-0.3, -0.25) is 4.79 Å². The molecule has 0 aliphatic heterocycles. The van der Waals surface area contributed by atoms with Gasteiger partial charge in [0, 0.05) is 7.05 Å². The van der Waals surface area contributed by atoms with Gasteiger partial charge in [-0.25, -0.2) is 0 Å². The molecule has 5 heteroatoms. The highest BCUT2D eigenvalue weighted by molar-refractivity contribution is 7.17. The summed E-state index contributed by atoms with van der Waals surface area (Å²) in [4.78, 5) is 14.4. The molecule has 0 unspecified atom stereocenters. The SMILES string of the molecule is Cc1cccc(OCCN(C)C(=O)c2ccc(Cl)s2)c1. The number of thiophene rings is 1. The molecule has 0 radical (unpaired) electrons. The van der Waals surface area contributed by atoms with Crippen LogP contribution in [0.25, 0.3) is 0 Å². The van der Waals surface area contributed by atoms with E-state index in [2.05, 4.69) is 0 Å². The standard InChI is InChI=1S/C15H16ClNO2S/c1-11-4-3-5-12(10-11)19-9-8-17(2)15(18)13-6-7-14(16)20-13/h3-7,10H,8-9H2,1-2H3. The fourth-order valence-electron chi connectivity index (χ4n) is 1.72. The minimum absolute atomic E-state index is 0.0326. The molecule has 0 aliphatic rings. The van der Waals surface area contributed by atoms with Crippen LogP contribution < -0.4 is 4.74 Å². The Balaban J connectivity index is 1.83. The van der Waals surface area contributed by atoms with Crippen LogP contribution in [0.5, 0.6) is 5.75 Å². The molecule has 0 atom stereocenters. The maximum absolute atomic E-state index is 12.1. The van der Waals surface area contributed by atoms with Crippen LogP contribution in [-0.2, 0) is 0 Å². The van der Waals surface area contributed by atoms with Crippen molar-refractivity contribution in [3.05, 3.63) is 51.2 Å². The fraction of sp³-hybridized carbons (Fsp3) is 0.267. The average Bonchev–Trinajstić information content (AvgIpc) is 2.84. The van der Waals surface area contributed by atoms with Crippen LogP contribution in [0, 0.1) is 6.92 Å². The largest absolute Gasteiger partial charge is 0.492 e. The molecule has 2 aromatic rings. The maximum Gasteiger partial charge on any atom is 0.263 e. The smallest absolute Gasteiger partial charge is 0.263 e. The normalized spacial score (nSPS) is 10.3. The van der Waals surface area contributed by atoms with Crippen molar-refractivity contribution in [1.29, 1.82) is 0 Å². The van der Waals surface area contributed by atoms with Crippen LogP contribution in [0.3, 0.4) is 0 Å². The second-order valence-electron chi connectivity index (χ2n) is 4.50. The summed E-state index contributed by atoms with van der Waals surface area (Å²) < 4.78 is 6.26. The number of carbonyl (C=O) groups is 1. The van der Waals surface area contributed by atoms with E-state index in [1.807, 2.05) is 31.2 Å². The Labute approximate surface area is 127 Å². The van der Waals surface area contributed by atoms with Crippen molar-refractivity contribution in [2.45, 2.75) is 6.92 Å². The lowest BCUT2D eigenvalue weighted by Crippen LogP contribution is -2.30. The van der Waals surface area contributed by atoms with E-state index in [0.717, 1.165) is 11.3 Å². The van der Waals surface area contributed by atoms with E-state index in [0.29, 0.717) is 22.4 Å². The molecule has 1 amide bonds. The van der Waals surface area contributed by atoms with Crippen molar-refractivity contribution in [3.63, 3.8) is 0 Å². The lowest BCUT2D eigenvalue weighted by molar-refractivity contribution is 0.0778. The molecule has 0 bridgehead atoms. The van der Waals surface area contributed by atoms with Crippen LogP contribution in [0.15, 0.2) is 36.4 Å². The molecule has 3 nitrogen and oxygen atoms in total. The lowest BCUT2D eigenvalue weighted by Gasteiger charge is -2.16. The van der Waals surface area contributed by atoms with E-state index >= 15 is 0 Å². The Bertz CT molecular complexity index is 597. The third kappa shape index (κ3) is 3.99. The van der Waals surface area contributed by atoms with E-state index in [1.54, 1.807) is 24.1 Å². The van der Waals surface area contributed by atoms with Gasteiger partial charge < -0.3 is 9.64 Å². The summed E-state index contributed by atoms with van der Waals surface area (Å²) in [7, 11) is 1.76. The number of hydrogen-bond donors (Lipinski definition) is 0. The molecule has 1 heterocycles. The summed E-state index contributed by atoms with van der Waals surface area (Å²) >= 11 is 7.12. The van der Waals surface area contributed by atoms with Crippen molar-refractivity contribution in [2.24, 2.45) is 0 Å². The molecule has 0 N–H and O–H groups in total. The van der Waals surface area contributed by atoms with Gasteiger partial charge in [-0.15, -0.1) is 11.3 Å². The monoisotopic (exact) mass is 309 g/mol. The molecule has 106 valence electrons. The first-order chi connectivity index (χ1) is 9.56. The van der Waals surface area contributed by atoms with Gasteiger partial charge in [0.2, 0.25) is 0 Å². The van der Waals surface area contributed by atoms with E-state index < -0.39 is 0 Å². The number of rotatable bonds is 5. The second-order valence-corrected chi connectivity index (χ2v) is 6.21. The summed E-state index contributed by atoms with van der Waals surface area (Å²) in [5.41, 5.74) is 1.15. The Hall–Kier alpha value is -1.52. The zero-order valence-corrected chi connectivity index (χ0v) is 13.0. The predicted molar refractivity (Wildman–Crippen MR) is 83.0 cm³/mol. The summed E-state index contributed by atoms with van der Waals surface area (Å²) in [6, 6.07) is 11.3. The molecule has 20 heavy (non-hydrogen) atoms. The van der Waals surface area contributed by atoms with Gasteiger partial charge in [-0.2, -0.15) is 0 Å². The van der Waals surface area contributed by atoms with Gasteiger partial charge in [-0.1, -0.05) is 23.7 Å². The summed E-state index contributed by atoms with van der Waals surface area (Å²) in [6.07, 6.45) is 0. The molecule has 2 rings (SSSR count). The number of carbonyl (C=O) groups excluding carboxylic acids is 1. The van der Waals surface area contributed by atoms with E-state index in [9.17, 15) is 4.79 Å². The maximum atomic E-state index is 12.1. The molecule has 0 saturated heterocycles. The zero-order chi connectivity index (χ0) is 14.5. The van der Waals surface area contributed by atoms with Crippen LogP contribution in [-0.4, -0.2) is 31.0 Å². The molecule has 0 saturated carbocycles. The van der Waals surface area contributed by atoms with E-state index in [-0.39, 0.29) is 5.91 Å². The van der Waals surface area contributed by atoms with E-state index in [4.69, 9.17) is 16.3 Å². The molecule has 0 fully saturated rings. The van der Waals surface area contributed by atoms with Crippen molar-refractivity contribution in [3.8, 4) is 5.75 Å². The number of amides is 1. The summed E-state index contributed by atoms with van der Waals surface area (Å²) in [5.74, 6) is 0.791. The molecule has 1 aromatic carbocycles. The Morgan fingerprint density at radius 2 is 2.15 bits per heavy atom. The Kier molecular flexibility index (Phi) is 5.04. The van der Waals surface area contributed by atoms with E-state index in [1.165, 1.54) is 11.3 Å². The third-order valence-electron chi connectivity index (χ3n) is 2.82. The van der Waals surface area contributed by atoms with Gasteiger partial charge in [0.05, 0.1) is 15.8 Å². The molecule has 0 spiro atoms.